The van der Waals surface area contributed by atoms with E-state index < -0.39 is 23.8 Å². The first kappa shape index (κ1) is 11.4. The average molecular weight is 222 g/mol. The number of benzene rings is 1. The molecule has 0 heterocycles. The maximum Gasteiger partial charge on any atom is 0.160 e. The van der Waals surface area contributed by atoms with Gasteiger partial charge in [-0.15, -0.1) is 0 Å². The largest absolute Gasteiger partial charge is 0.391 e. The lowest BCUT2D eigenvalue weighted by Crippen LogP contribution is -2.23. The van der Waals surface area contributed by atoms with E-state index in [0.29, 0.717) is 0 Å². The van der Waals surface area contributed by atoms with Crippen LogP contribution >= 0.6 is 11.6 Å². The van der Waals surface area contributed by atoms with Crippen molar-refractivity contribution < 1.29 is 13.9 Å². The molecule has 1 rings (SSSR count). The molecule has 2 nitrogen and oxygen atoms in total. The van der Waals surface area contributed by atoms with Crippen LogP contribution in [0.3, 0.4) is 0 Å². The van der Waals surface area contributed by atoms with Gasteiger partial charge in [0.2, 0.25) is 0 Å². The summed E-state index contributed by atoms with van der Waals surface area (Å²) >= 11 is 5.64. The van der Waals surface area contributed by atoms with Crippen molar-refractivity contribution in [2.24, 2.45) is 5.73 Å². The van der Waals surface area contributed by atoms with Crippen molar-refractivity contribution in [2.75, 3.05) is 0 Å². The summed E-state index contributed by atoms with van der Waals surface area (Å²) in [5.74, 6) is -2.06. The third kappa shape index (κ3) is 2.20. The number of hydrogen-bond donors (Lipinski definition) is 2. The molecule has 2 atom stereocenters. The van der Waals surface area contributed by atoms with E-state index in [0.717, 1.165) is 12.1 Å². The molecule has 3 N–H and O–H groups in total. The van der Waals surface area contributed by atoms with Gasteiger partial charge in [0.1, 0.15) is 0 Å². The highest BCUT2D eigenvalue weighted by Crippen LogP contribution is 2.26. The molecule has 0 fully saturated rings. The Balaban J connectivity index is 3.15. The fourth-order valence-electron chi connectivity index (χ4n) is 1.05. The summed E-state index contributed by atoms with van der Waals surface area (Å²) in [5.41, 5.74) is 5.73. The lowest BCUT2D eigenvalue weighted by atomic mass is 10.0. The predicted molar refractivity (Wildman–Crippen MR) is 50.0 cm³/mol. The van der Waals surface area contributed by atoms with Crippen LogP contribution in [0, 0.1) is 11.6 Å². The van der Waals surface area contributed by atoms with Crippen molar-refractivity contribution in [1.29, 1.82) is 0 Å². The highest BCUT2D eigenvalue weighted by molar-refractivity contribution is 6.31. The van der Waals surface area contributed by atoms with E-state index in [2.05, 4.69) is 0 Å². The van der Waals surface area contributed by atoms with E-state index in [-0.39, 0.29) is 10.6 Å². The Kier molecular flexibility index (Phi) is 3.42. The molecule has 0 aliphatic heterocycles. The first-order chi connectivity index (χ1) is 6.43. The van der Waals surface area contributed by atoms with Crippen LogP contribution in [-0.2, 0) is 0 Å². The second kappa shape index (κ2) is 4.21. The molecule has 0 radical (unpaired) electrons. The normalized spacial score (nSPS) is 15.3. The van der Waals surface area contributed by atoms with E-state index >= 15 is 0 Å². The molecule has 0 aliphatic carbocycles. The molecule has 0 aromatic heterocycles. The fourth-order valence-corrected chi connectivity index (χ4v) is 1.33. The van der Waals surface area contributed by atoms with Crippen LogP contribution < -0.4 is 5.73 Å². The smallest absolute Gasteiger partial charge is 0.160 e. The van der Waals surface area contributed by atoms with Crippen molar-refractivity contribution in [3.8, 4) is 0 Å². The zero-order valence-corrected chi connectivity index (χ0v) is 8.22. The Bertz CT molecular complexity index is 344. The van der Waals surface area contributed by atoms with Crippen molar-refractivity contribution in [3.63, 3.8) is 0 Å². The lowest BCUT2D eigenvalue weighted by Gasteiger charge is -2.16. The number of rotatable bonds is 2. The molecule has 0 amide bonds. The molecule has 0 aliphatic rings. The van der Waals surface area contributed by atoms with Crippen LogP contribution in [0.5, 0.6) is 0 Å². The first-order valence-corrected chi connectivity index (χ1v) is 4.39. The third-order valence-electron chi connectivity index (χ3n) is 1.92. The van der Waals surface area contributed by atoms with Crippen LogP contribution in [0.1, 0.15) is 18.5 Å². The quantitative estimate of drug-likeness (QED) is 0.751. The van der Waals surface area contributed by atoms with Crippen molar-refractivity contribution in [2.45, 2.75) is 19.1 Å². The average Bonchev–Trinajstić information content (AvgIpc) is 2.10. The van der Waals surface area contributed by atoms with Crippen LogP contribution in [0.15, 0.2) is 12.1 Å². The molecule has 2 unspecified atom stereocenters. The van der Waals surface area contributed by atoms with Gasteiger partial charge in [-0.3, -0.25) is 0 Å². The SMILES string of the molecule is CC(O)C(N)c1cc(F)c(F)cc1Cl. The highest BCUT2D eigenvalue weighted by Gasteiger charge is 2.17. The number of halogens is 3. The Labute approximate surface area is 85.3 Å². The number of nitrogens with two attached hydrogens (primary N) is 1. The van der Waals surface area contributed by atoms with Gasteiger partial charge in [0.25, 0.3) is 0 Å². The third-order valence-corrected chi connectivity index (χ3v) is 2.25. The Morgan fingerprint density at radius 1 is 1.36 bits per heavy atom. The van der Waals surface area contributed by atoms with Crippen molar-refractivity contribution >= 4 is 11.6 Å². The summed E-state index contributed by atoms with van der Waals surface area (Å²) in [5, 5.41) is 9.17. The Morgan fingerprint density at radius 2 is 1.86 bits per heavy atom. The van der Waals surface area contributed by atoms with Crippen LogP contribution in [0.2, 0.25) is 5.02 Å². The van der Waals surface area contributed by atoms with Gasteiger partial charge in [-0.05, 0) is 24.6 Å². The van der Waals surface area contributed by atoms with Gasteiger partial charge in [-0.25, -0.2) is 8.78 Å². The van der Waals surface area contributed by atoms with E-state index in [1.165, 1.54) is 6.92 Å². The van der Waals surface area contributed by atoms with Gasteiger partial charge in [-0.1, -0.05) is 11.6 Å². The zero-order valence-electron chi connectivity index (χ0n) is 7.47. The molecular formula is C9H10ClF2NO. The predicted octanol–water partition coefficient (Wildman–Crippen LogP) is 2.00. The van der Waals surface area contributed by atoms with Crippen molar-refractivity contribution in [1.82, 2.24) is 0 Å². The van der Waals surface area contributed by atoms with Crippen LogP contribution in [0.25, 0.3) is 0 Å². The minimum Gasteiger partial charge on any atom is -0.391 e. The maximum absolute atomic E-state index is 12.8. The molecule has 5 heteroatoms. The van der Waals surface area contributed by atoms with Gasteiger partial charge in [-0.2, -0.15) is 0 Å². The van der Waals surface area contributed by atoms with E-state index in [9.17, 15) is 8.78 Å². The summed E-state index contributed by atoms with van der Waals surface area (Å²) in [7, 11) is 0. The monoisotopic (exact) mass is 221 g/mol. The number of hydrogen-bond acceptors (Lipinski definition) is 2. The molecule has 0 saturated carbocycles. The standard InChI is InChI=1S/C9H10ClF2NO/c1-4(14)9(13)5-2-7(11)8(12)3-6(5)10/h2-4,9,14H,13H2,1H3. The summed E-state index contributed by atoms with van der Waals surface area (Å²) in [4.78, 5) is 0. The number of aliphatic hydroxyl groups excluding tert-OH is 1. The minimum absolute atomic E-state index is 0.0114. The second-order valence-corrected chi connectivity index (χ2v) is 3.46. The van der Waals surface area contributed by atoms with E-state index in [1.54, 1.807) is 0 Å². The number of aliphatic hydroxyl groups is 1. The van der Waals surface area contributed by atoms with Crippen molar-refractivity contribution in [3.05, 3.63) is 34.4 Å². The molecule has 1 aromatic rings. The van der Waals surface area contributed by atoms with Crippen LogP contribution in [-0.4, -0.2) is 11.2 Å². The molecular weight excluding hydrogens is 212 g/mol. The summed E-state index contributed by atoms with van der Waals surface area (Å²) in [6.45, 7) is 1.45. The molecule has 0 bridgehead atoms. The van der Waals surface area contributed by atoms with Crippen LogP contribution in [0.4, 0.5) is 8.78 Å². The van der Waals surface area contributed by atoms with E-state index in [1.807, 2.05) is 0 Å². The molecule has 14 heavy (non-hydrogen) atoms. The summed E-state index contributed by atoms with van der Waals surface area (Å²) in [6, 6.07) is 0.918. The summed E-state index contributed by atoms with van der Waals surface area (Å²) in [6.07, 6.45) is -0.877. The minimum atomic E-state index is -1.03. The molecule has 1 aromatic carbocycles. The second-order valence-electron chi connectivity index (χ2n) is 3.05. The fraction of sp³-hybridized carbons (Fsp3) is 0.333. The van der Waals surface area contributed by atoms with Gasteiger partial charge >= 0.3 is 0 Å². The Morgan fingerprint density at radius 3 is 2.36 bits per heavy atom. The van der Waals surface area contributed by atoms with Gasteiger partial charge in [0.15, 0.2) is 11.6 Å². The first-order valence-electron chi connectivity index (χ1n) is 4.01. The molecule has 78 valence electrons. The van der Waals surface area contributed by atoms with Gasteiger partial charge < -0.3 is 10.8 Å². The zero-order chi connectivity index (χ0) is 10.9. The Hall–Kier alpha value is -0.710. The molecule has 0 saturated heterocycles. The van der Waals surface area contributed by atoms with Gasteiger partial charge in [0, 0.05) is 5.02 Å². The van der Waals surface area contributed by atoms with Gasteiger partial charge in [0.05, 0.1) is 12.1 Å². The summed E-state index contributed by atoms with van der Waals surface area (Å²) < 4.78 is 25.5. The maximum atomic E-state index is 12.8. The van der Waals surface area contributed by atoms with E-state index in [4.69, 9.17) is 22.4 Å². The lowest BCUT2D eigenvalue weighted by molar-refractivity contribution is 0.164. The molecule has 0 spiro atoms. The highest BCUT2D eigenvalue weighted by atomic mass is 35.5. The topological polar surface area (TPSA) is 46.2 Å².